The van der Waals surface area contributed by atoms with Crippen LogP contribution in [0.25, 0.3) is 11.0 Å². The molecule has 0 spiro atoms. The number of hydrogen-bond donors (Lipinski definition) is 3. The smallest absolute Gasteiger partial charge is 0.316 e. The van der Waals surface area contributed by atoms with Gasteiger partial charge in [-0.25, -0.2) is 12.8 Å². The van der Waals surface area contributed by atoms with Crippen molar-refractivity contribution in [2.24, 2.45) is 0 Å². The van der Waals surface area contributed by atoms with Crippen LogP contribution in [0.15, 0.2) is 50.9 Å². The van der Waals surface area contributed by atoms with Crippen LogP contribution in [-0.4, -0.2) is 18.4 Å². The maximum Gasteiger partial charge on any atom is 0.416 e. The van der Waals surface area contributed by atoms with Gasteiger partial charge in [0.15, 0.2) is 0 Å². The van der Waals surface area contributed by atoms with Crippen LogP contribution in [0.4, 0.5) is 23.2 Å². The van der Waals surface area contributed by atoms with Crippen molar-refractivity contribution in [2.45, 2.75) is 11.1 Å². The second-order valence-electron chi connectivity index (χ2n) is 5.42. The molecule has 0 aliphatic heterocycles. The number of halogens is 4. The number of anilines is 1. The van der Waals surface area contributed by atoms with Crippen molar-refractivity contribution in [3.8, 4) is 0 Å². The molecule has 0 unspecified atom stereocenters. The topological polar surface area (TPSA) is 112 Å². The van der Waals surface area contributed by atoms with Crippen LogP contribution in [0.1, 0.15) is 5.56 Å². The summed E-state index contributed by atoms with van der Waals surface area (Å²) in [5.41, 5.74) is -3.59. The minimum atomic E-state index is -4.59. The fraction of sp³-hybridized carbons (Fsp3) is 0.0667. The second kappa shape index (κ2) is 6.23. The molecule has 1 aromatic heterocycles. The molecule has 0 atom stereocenters. The normalized spacial score (nSPS) is 12.3. The Morgan fingerprint density at radius 3 is 1.93 bits per heavy atom. The van der Waals surface area contributed by atoms with Crippen molar-refractivity contribution in [3.05, 3.63) is 68.5 Å². The van der Waals surface area contributed by atoms with Crippen LogP contribution in [-0.2, 0) is 16.2 Å². The van der Waals surface area contributed by atoms with Crippen LogP contribution in [0.2, 0.25) is 0 Å². The van der Waals surface area contributed by atoms with E-state index >= 15 is 0 Å². The Morgan fingerprint density at radius 1 is 0.889 bits per heavy atom. The molecule has 0 aliphatic carbocycles. The molecule has 0 saturated heterocycles. The van der Waals surface area contributed by atoms with E-state index in [-0.39, 0.29) is 16.7 Å². The van der Waals surface area contributed by atoms with Gasteiger partial charge in [0.1, 0.15) is 10.7 Å². The van der Waals surface area contributed by atoms with Crippen LogP contribution in [0.5, 0.6) is 0 Å². The first-order valence-corrected chi connectivity index (χ1v) is 8.61. The van der Waals surface area contributed by atoms with Gasteiger partial charge in [-0.1, -0.05) is 0 Å². The third-order valence-corrected chi connectivity index (χ3v) is 4.92. The lowest BCUT2D eigenvalue weighted by atomic mass is 10.2. The van der Waals surface area contributed by atoms with Crippen LogP contribution >= 0.6 is 0 Å². The van der Waals surface area contributed by atoms with E-state index in [9.17, 15) is 35.6 Å². The molecule has 27 heavy (non-hydrogen) atoms. The Kier molecular flexibility index (Phi) is 4.30. The molecule has 7 nitrogen and oxygen atoms in total. The van der Waals surface area contributed by atoms with E-state index in [0.717, 1.165) is 18.2 Å². The molecule has 2 aromatic carbocycles. The quantitative estimate of drug-likeness (QED) is 0.460. The lowest BCUT2D eigenvalue weighted by Gasteiger charge is -2.11. The van der Waals surface area contributed by atoms with Crippen molar-refractivity contribution >= 4 is 26.7 Å². The first-order valence-electron chi connectivity index (χ1n) is 7.13. The molecule has 3 N–H and O–H groups in total. The van der Waals surface area contributed by atoms with Gasteiger partial charge in [-0.2, -0.15) is 13.2 Å². The first kappa shape index (κ1) is 18.6. The van der Waals surface area contributed by atoms with E-state index in [1.54, 1.807) is 0 Å². The average Bonchev–Trinajstić information content (AvgIpc) is 2.55. The van der Waals surface area contributed by atoms with Gasteiger partial charge in [0.2, 0.25) is 0 Å². The Labute approximate surface area is 147 Å². The maximum atomic E-state index is 14.2. The molecule has 1 heterocycles. The van der Waals surface area contributed by atoms with E-state index < -0.39 is 43.6 Å². The van der Waals surface area contributed by atoms with E-state index in [2.05, 4.69) is 9.97 Å². The standard InChI is InChI=1S/C15H9F4N3O4S/c16-9-5-10-11(21-14(24)13(23)20-10)6-12(9)27(25,26)22-8-3-1-7(2-4-8)15(17,18)19/h1-6,22H,(H,20,23)(H,21,24). The summed E-state index contributed by atoms with van der Waals surface area (Å²) in [5.74, 6) is -1.23. The van der Waals surface area contributed by atoms with Gasteiger partial charge in [-0.15, -0.1) is 0 Å². The number of hydrogen-bond acceptors (Lipinski definition) is 4. The Hall–Kier alpha value is -3.15. The summed E-state index contributed by atoms with van der Waals surface area (Å²) in [6.07, 6.45) is -4.59. The molecule has 142 valence electrons. The summed E-state index contributed by atoms with van der Waals surface area (Å²) in [4.78, 5) is 25.9. The molecule has 3 rings (SSSR count). The monoisotopic (exact) mass is 403 g/mol. The number of aromatic nitrogens is 2. The van der Waals surface area contributed by atoms with Crippen LogP contribution in [0.3, 0.4) is 0 Å². The minimum Gasteiger partial charge on any atom is -0.316 e. The van der Waals surface area contributed by atoms with Gasteiger partial charge >= 0.3 is 17.3 Å². The number of fused-ring (bicyclic) bond motifs is 1. The average molecular weight is 403 g/mol. The molecule has 0 radical (unpaired) electrons. The first-order chi connectivity index (χ1) is 12.5. The zero-order valence-corrected chi connectivity index (χ0v) is 13.8. The number of benzene rings is 2. The number of rotatable bonds is 3. The number of nitrogens with one attached hydrogen (secondary N) is 3. The Balaban J connectivity index is 2.02. The molecule has 0 bridgehead atoms. The van der Waals surface area contributed by atoms with E-state index in [1.807, 2.05) is 4.72 Å². The van der Waals surface area contributed by atoms with Gasteiger partial charge < -0.3 is 9.97 Å². The van der Waals surface area contributed by atoms with Crippen LogP contribution in [0, 0.1) is 5.82 Å². The fourth-order valence-corrected chi connectivity index (χ4v) is 3.41. The minimum absolute atomic E-state index is 0.134. The third kappa shape index (κ3) is 3.69. The third-order valence-electron chi connectivity index (χ3n) is 3.53. The van der Waals surface area contributed by atoms with E-state index in [0.29, 0.717) is 18.2 Å². The highest BCUT2D eigenvalue weighted by molar-refractivity contribution is 7.92. The van der Waals surface area contributed by atoms with Crippen LogP contribution < -0.4 is 15.8 Å². The van der Waals surface area contributed by atoms with Crippen molar-refractivity contribution in [2.75, 3.05) is 4.72 Å². The van der Waals surface area contributed by atoms with Crippen molar-refractivity contribution < 1.29 is 26.0 Å². The molecule has 0 amide bonds. The molecule has 3 aromatic rings. The summed E-state index contributed by atoms with van der Waals surface area (Å²) in [5, 5.41) is 0. The van der Waals surface area contributed by atoms with Crippen molar-refractivity contribution in [3.63, 3.8) is 0 Å². The van der Waals surface area contributed by atoms with Gasteiger partial charge in [0.05, 0.1) is 16.6 Å². The highest BCUT2D eigenvalue weighted by atomic mass is 32.2. The molecule has 0 fully saturated rings. The van der Waals surface area contributed by atoms with E-state index in [1.165, 1.54) is 0 Å². The summed E-state index contributed by atoms with van der Waals surface area (Å²) in [7, 11) is -4.53. The number of sulfonamides is 1. The number of H-pyrrole nitrogens is 2. The summed E-state index contributed by atoms with van der Waals surface area (Å²) < 4.78 is 78.5. The molecule has 0 aliphatic rings. The highest BCUT2D eigenvalue weighted by Crippen LogP contribution is 2.30. The maximum absolute atomic E-state index is 14.2. The van der Waals surface area contributed by atoms with Crippen molar-refractivity contribution in [1.82, 2.24) is 9.97 Å². The lowest BCUT2D eigenvalue weighted by molar-refractivity contribution is -0.137. The SMILES string of the molecule is O=c1[nH]c2cc(F)c(S(=O)(=O)Nc3ccc(C(F)(F)F)cc3)cc2[nH]c1=O. The zero-order valence-electron chi connectivity index (χ0n) is 13.0. The summed E-state index contributed by atoms with van der Waals surface area (Å²) >= 11 is 0. The highest BCUT2D eigenvalue weighted by Gasteiger charge is 2.30. The van der Waals surface area contributed by atoms with Gasteiger partial charge in [0, 0.05) is 11.8 Å². The van der Waals surface area contributed by atoms with Gasteiger partial charge in [0.25, 0.3) is 10.0 Å². The van der Waals surface area contributed by atoms with Gasteiger partial charge in [-0.3, -0.25) is 14.3 Å². The molecule has 0 saturated carbocycles. The Bertz CT molecular complexity index is 1250. The fourth-order valence-electron chi connectivity index (χ4n) is 2.26. The second-order valence-corrected chi connectivity index (χ2v) is 7.07. The molecular formula is C15H9F4N3O4S. The summed E-state index contributed by atoms with van der Waals surface area (Å²) in [6, 6.07) is 4.56. The van der Waals surface area contributed by atoms with Crippen molar-refractivity contribution in [1.29, 1.82) is 0 Å². The Morgan fingerprint density at radius 2 is 1.41 bits per heavy atom. The predicted molar refractivity (Wildman–Crippen MR) is 87.4 cm³/mol. The summed E-state index contributed by atoms with van der Waals surface area (Å²) in [6.45, 7) is 0. The zero-order chi connectivity index (χ0) is 20.0. The molecule has 12 heteroatoms. The number of aromatic amines is 2. The molecular weight excluding hydrogens is 394 g/mol. The van der Waals surface area contributed by atoms with Gasteiger partial charge in [-0.05, 0) is 30.3 Å². The lowest BCUT2D eigenvalue weighted by Crippen LogP contribution is -2.29. The number of alkyl halides is 3. The van der Waals surface area contributed by atoms with E-state index in [4.69, 9.17) is 0 Å². The predicted octanol–water partition coefficient (Wildman–Crippen LogP) is 2.18. The largest absolute Gasteiger partial charge is 0.416 e.